The maximum absolute atomic E-state index is 5.88. The lowest BCUT2D eigenvalue weighted by Crippen LogP contribution is -2.15. The first kappa shape index (κ1) is 13.6. The molecule has 4 nitrogen and oxygen atoms in total. The molecule has 0 radical (unpaired) electrons. The Kier molecular flexibility index (Phi) is 4.22. The number of nitrogens with two attached hydrogens (primary N) is 1. The molecule has 19 heavy (non-hydrogen) atoms. The van der Waals surface area contributed by atoms with Gasteiger partial charge in [0.05, 0.1) is 12.1 Å². The number of aromatic nitrogens is 1. The fraction of sp³-hybridized carbons (Fsp3) is 0.400. The van der Waals surface area contributed by atoms with Crippen molar-refractivity contribution in [3.63, 3.8) is 0 Å². The smallest absolute Gasteiger partial charge is 0.130 e. The predicted molar refractivity (Wildman–Crippen MR) is 79.6 cm³/mol. The van der Waals surface area contributed by atoms with Crippen molar-refractivity contribution in [2.75, 3.05) is 33.0 Å². The molecule has 0 amide bonds. The average molecular weight is 259 g/mol. The third-order valence-electron chi connectivity index (χ3n) is 2.93. The van der Waals surface area contributed by atoms with E-state index in [2.05, 4.69) is 24.0 Å². The second-order valence-corrected chi connectivity index (χ2v) is 5.04. The fourth-order valence-electron chi connectivity index (χ4n) is 2.02. The summed E-state index contributed by atoms with van der Waals surface area (Å²) in [6.07, 6.45) is 0.998. The van der Waals surface area contributed by atoms with Gasteiger partial charge < -0.3 is 15.4 Å². The zero-order valence-electron chi connectivity index (χ0n) is 11.8. The number of hydrogen-bond donors (Lipinski definition) is 1. The molecule has 0 saturated carbocycles. The molecule has 0 atom stereocenters. The summed E-state index contributed by atoms with van der Waals surface area (Å²) in [5, 5.41) is 0.982. The maximum atomic E-state index is 5.88. The van der Waals surface area contributed by atoms with E-state index in [9.17, 15) is 0 Å². The van der Waals surface area contributed by atoms with Crippen LogP contribution in [0.3, 0.4) is 0 Å². The van der Waals surface area contributed by atoms with E-state index in [0.717, 1.165) is 41.0 Å². The molecular formula is C15H21N3O. The number of aryl methyl sites for hydroxylation is 1. The van der Waals surface area contributed by atoms with Crippen molar-refractivity contribution in [1.29, 1.82) is 0 Å². The number of ether oxygens (including phenoxy) is 1. The lowest BCUT2D eigenvalue weighted by molar-refractivity contribution is 0.284. The SMILES string of the molecule is Cc1cc(OCCCN(C)C)c2cc(N)ccc2n1. The predicted octanol–water partition coefficient (Wildman–Crippen LogP) is 2.46. The Morgan fingerprint density at radius 2 is 2.05 bits per heavy atom. The third kappa shape index (κ3) is 3.58. The van der Waals surface area contributed by atoms with Crippen molar-refractivity contribution >= 4 is 16.6 Å². The molecule has 102 valence electrons. The Morgan fingerprint density at radius 1 is 1.26 bits per heavy atom. The number of anilines is 1. The summed E-state index contributed by atoms with van der Waals surface area (Å²) in [7, 11) is 4.12. The maximum Gasteiger partial charge on any atom is 0.130 e. The van der Waals surface area contributed by atoms with E-state index in [-0.39, 0.29) is 0 Å². The van der Waals surface area contributed by atoms with Gasteiger partial charge in [0.15, 0.2) is 0 Å². The minimum absolute atomic E-state index is 0.700. The van der Waals surface area contributed by atoms with Crippen LogP contribution < -0.4 is 10.5 Å². The first-order valence-corrected chi connectivity index (χ1v) is 6.50. The van der Waals surface area contributed by atoms with Crippen LogP contribution in [-0.2, 0) is 0 Å². The van der Waals surface area contributed by atoms with Crippen LogP contribution in [0.15, 0.2) is 24.3 Å². The van der Waals surface area contributed by atoms with Crippen molar-refractivity contribution in [3.05, 3.63) is 30.0 Å². The van der Waals surface area contributed by atoms with Crippen molar-refractivity contribution < 1.29 is 4.74 Å². The molecule has 0 aliphatic carbocycles. The van der Waals surface area contributed by atoms with Crippen LogP contribution in [0.4, 0.5) is 5.69 Å². The van der Waals surface area contributed by atoms with E-state index in [1.807, 2.05) is 31.2 Å². The summed E-state index contributed by atoms with van der Waals surface area (Å²) < 4.78 is 5.88. The molecule has 0 spiro atoms. The van der Waals surface area contributed by atoms with Gasteiger partial charge in [0, 0.05) is 29.4 Å². The van der Waals surface area contributed by atoms with Crippen molar-refractivity contribution in [3.8, 4) is 5.75 Å². The van der Waals surface area contributed by atoms with E-state index >= 15 is 0 Å². The van der Waals surface area contributed by atoms with Crippen LogP contribution in [0.1, 0.15) is 12.1 Å². The molecule has 0 unspecified atom stereocenters. The summed E-state index contributed by atoms with van der Waals surface area (Å²) in [5.41, 5.74) is 8.45. The van der Waals surface area contributed by atoms with Gasteiger partial charge in [-0.1, -0.05) is 0 Å². The Bertz CT molecular complexity index is 567. The van der Waals surface area contributed by atoms with Gasteiger partial charge in [-0.3, -0.25) is 4.98 Å². The fourth-order valence-corrected chi connectivity index (χ4v) is 2.02. The molecule has 0 saturated heterocycles. The molecule has 0 aliphatic rings. The number of rotatable bonds is 5. The van der Waals surface area contributed by atoms with Crippen LogP contribution in [-0.4, -0.2) is 37.1 Å². The standard InChI is InChI=1S/C15H21N3O/c1-11-9-15(19-8-4-7-18(2)3)13-10-12(16)5-6-14(13)17-11/h5-6,9-10H,4,7-8,16H2,1-3H3. The van der Waals surface area contributed by atoms with Gasteiger partial charge in [0.2, 0.25) is 0 Å². The Morgan fingerprint density at radius 3 is 2.79 bits per heavy atom. The number of hydrogen-bond acceptors (Lipinski definition) is 4. The highest BCUT2D eigenvalue weighted by atomic mass is 16.5. The lowest BCUT2D eigenvalue weighted by Gasteiger charge is -2.12. The number of benzene rings is 1. The molecule has 2 aromatic rings. The van der Waals surface area contributed by atoms with E-state index in [1.165, 1.54) is 0 Å². The summed E-state index contributed by atoms with van der Waals surface area (Å²) in [6, 6.07) is 7.69. The first-order valence-electron chi connectivity index (χ1n) is 6.50. The van der Waals surface area contributed by atoms with Crippen LogP contribution >= 0.6 is 0 Å². The van der Waals surface area contributed by atoms with Crippen molar-refractivity contribution in [2.24, 2.45) is 0 Å². The van der Waals surface area contributed by atoms with Crippen LogP contribution in [0.5, 0.6) is 5.75 Å². The molecular weight excluding hydrogens is 238 g/mol. The van der Waals surface area contributed by atoms with Gasteiger partial charge in [0.25, 0.3) is 0 Å². The Labute approximate surface area is 114 Å². The zero-order valence-corrected chi connectivity index (χ0v) is 11.8. The van der Waals surface area contributed by atoms with E-state index < -0.39 is 0 Å². The number of nitrogens with zero attached hydrogens (tertiary/aromatic N) is 2. The lowest BCUT2D eigenvalue weighted by atomic mass is 10.1. The number of nitrogen functional groups attached to an aromatic ring is 1. The summed E-state index contributed by atoms with van der Waals surface area (Å²) in [4.78, 5) is 6.64. The van der Waals surface area contributed by atoms with Gasteiger partial charge >= 0.3 is 0 Å². The second-order valence-electron chi connectivity index (χ2n) is 5.04. The van der Waals surface area contributed by atoms with Gasteiger partial charge in [-0.25, -0.2) is 0 Å². The summed E-state index contributed by atoms with van der Waals surface area (Å²) in [6.45, 7) is 3.69. The van der Waals surface area contributed by atoms with Crippen molar-refractivity contribution in [1.82, 2.24) is 9.88 Å². The third-order valence-corrected chi connectivity index (χ3v) is 2.93. The second kappa shape index (κ2) is 5.89. The molecule has 1 heterocycles. The molecule has 4 heteroatoms. The van der Waals surface area contributed by atoms with Crippen LogP contribution in [0.25, 0.3) is 10.9 Å². The topological polar surface area (TPSA) is 51.4 Å². The average Bonchev–Trinajstić information content (AvgIpc) is 2.35. The zero-order chi connectivity index (χ0) is 13.8. The minimum Gasteiger partial charge on any atom is -0.493 e. The highest BCUT2D eigenvalue weighted by molar-refractivity contribution is 5.87. The van der Waals surface area contributed by atoms with Crippen LogP contribution in [0.2, 0.25) is 0 Å². The number of pyridine rings is 1. The van der Waals surface area contributed by atoms with Crippen molar-refractivity contribution in [2.45, 2.75) is 13.3 Å². The molecule has 2 rings (SSSR count). The highest BCUT2D eigenvalue weighted by Gasteiger charge is 2.06. The molecule has 0 aliphatic heterocycles. The van der Waals surface area contributed by atoms with E-state index in [4.69, 9.17) is 10.5 Å². The summed E-state index contributed by atoms with van der Waals surface area (Å²) >= 11 is 0. The van der Waals surface area contributed by atoms with Gasteiger partial charge in [0.1, 0.15) is 5.75 Å². The first-order chi connectivity index (χ1) is 9.06. The molecule has 1 aromatic carbocycles. The minimum atomic E-state index is 0.700. The largest absolute Gasteiger partial charge is 0.493 e. The van der Waals surface area contributed by atoms with Gasteiger partial charge in [-0.15, -0.1) is 0 Å². The summed E-state index contributed by atoms with van der Waals surface area (Å²) in [5.74, 6) is 0.869. The van der Waals surface area contributed by atoms with E-state index in [1.54, 1.807) is 0 Å². The quantitative estimate of drug-likeness (QED) is 0.662. The highest BCUT2D eigenvalue weighted by Crippen LogP contribution is 2.27. The van der Waals surface area contributed by atoms with Crippen LogP contribution in [0, 0.1) is 6.92 Å². The normalized spacial score (nSPS) is 11.2. The molecule has 0 fully saturated rings. The van der Waals surface area contributed by atoms with E-state index in [0.29, 0.717) is 6.61 Å². The molecule has 2 N–H and O–H groups in total. The van der Waals surface area contributed by atoms with Gasteiger partial charge in [-0.2, -0.15) is 0 Å². The monoisotopic (exact) mass is 259 g/mol. The molecule has 0 bridgehead atoms. The Hall–Kier alpha value is -1.81. The van der Waals surface area contributed by atoms with Gasteiger partial charge in [-0.05, 0) is 45.6 Å². The Balaban J connectivity index is 2.19. The number of fused-ring (bicyclic) bond motifs is 1. The molecule has 1 aromatic heterocycles.